The predicted octanol–water partition coefficient (Wildman–Crippen LogP) is 0.825. The van der Waals surface area contributed by atoms with Gasteiger partial charge in [0.25, 0.3) is 11.5 Å². The van der Waals surface area contributed by atoms with Crippen LogP contribution in [0, 0.1) is 0 Å². The Hall–Kier alpha value is -3.90. The summed E-state index contributed by atoms with van der Waals surface area (Å²) in [7, 11) is 0. The Morgan fingerprint density at radius 3 is 2.33 bits per heavy atom. The van der Waals surface area contributed by atoms with E-state index in [0.717, 1.165) is 0 Å². The molecule has 0 aliphatic heterocycles. The number of anilines is 1. The van der Waals surface area contributed by atoms with Crippen molar-refractivity contribution in [3.05, 3.63) is 56.4 Å². The van der Waals surface area contributed by atoms with Crippen molar-refractivity contribution < 1.29 is 23.1 Å². The molecule has 10 nitrogen and oxygen atoms in total. The molecule has 0 spiro atoms. The van der Waals surface area contributed by atoms with Crippen LogP contribution in [-0.2, 0) is 6.18 Å². The van der Waals surface area contributed by atoms with Crippen LogP contribution in [0.15, 0.2) is 33.9 Å². The second-order valence-corrected chi connectivity index (χ2v) is 5.18. The monoisotopic (exact) mass is 382 g/mol. The molecular formula is C14H9F3N6O4. The number of aromatic amines is 3. The van der Waals surface area contributed by atoms with Crippen molar-refractivity contribution in [2.24, 2.45) is 0 Å². The van der Waals surface area contributed by atoms with Crippen molar-refractivity contribution in [1.29, 1.82) is 0 Å². The Labute approximate surface area is 146 Å². The van der Waals surface area contributed by atoms with Gasteiger partial charge in [-0.25, -0.2) is 4.79 Å². The molecule has 3 aromatic rings. The minimum absolute atomic E-state index is 0.0822. The molecule has 27 heavy (non-hydrogen) atoms. The molecule has 3 rings (SSSR count). The number of aromatic hydroxyl groups is 1. The molecule has 0 saturated carbocycles. The van der Waals surface area contributed by atoms with Gasteiger partial charge in [0.05, 0.1) is 0 Å². The number of hydrogen-bond acceptors (Lipinski definition) is 6. The number of H-pyrrole nitrogens is 3. The molecule has 0 atom stereocenters. The summed E-state index contributed by atoms with van der Waals surface area (Å²) in [5, 5.41) is 20.3. The molecule has 140 valence electrons. The van der Waals surface area contributed by atoms with E-state index in [0.29, 0.717) is 0 Å². The number of nitrogens with one attached hydrogen (secondary N) is 4. The number of rotatable bonds is 3. The summed E-state index contributed by atoms with van der Waals surface area (Å²) in [6.07, 6.45) is -4.70. The van der Waals surface area contributed by atoms with Crippen molar-refractivity contribution in [1.82, 2.24) is 25.4 Å². The smallest absolute Gasteiger partial charge is 0.437 e. The number of nitrogens with zero attached hydrogens (tertiary/aromatic N) is 2. The zero-order valence-electron chi connectivity index (χ0n) is 13.0. The van der Waals surface area contributed by atoms with E-state index >= 15 is 0 Å². The van der Waals surface area contributed by atoms with Gasteiger partial charge in [-0.05, 0) is 12.1 Å². The van der Waals surface area contributed by atoms with Crippen LogP contribution in [0.1, 0.15) is 16.1 Å². The highest BCUT2D eigenvalue weighted by molar-refractivity contribution is 6.05. The van der Waals surface area contributed by atoms with E-state index < -0.39 is 46.2 Å². The molecular weight excluding hydrogens is 373 g/mol. The Morgan fingerprint density at radius 2 is 1.74 bits per heavy atom. The van der Waals surface area contributed by atoms with Crippen molar-refractivity contribution in [3.63, 3.8) is 0 Å². The SMILES string of the molecule is O=C(Nc1ccc(-c2n[nH]nc2C(F)(F)F)cc1)c1c(O)[nH]c(=O)[nH]c1=O. The third-order valence-electron chi connectivity index (χ3n) is 3.38. The van der Waals surface area contributed by atoms with Gasteiger partial charge in [-0.15, -0.1) is 0 Å². The quantitative estimate of drug-likeness (QED) is 0.451. The van der Waals surface area contributed by atoms with E-state index in [9.17, 15) is 32.7 Å². The second kappa shape index (κ2) is 6.44. The third-order valence-corrected chi connectivity index (χ3v) is 3.38. The zero-order valence-corrected chi connectivity index (χ0v) is 13.0. The lowest BCUT2D eigenvalue weighted by Crippen LogP contribution is -2.30. The van der Waals surface area contributed by atoms with Gasteiger partial charge in [-0.2, -0.15) is 28.6 Å². The molecule has 1 amide bonds. The number of aromatic nitrogens is 5. The number of alkyl halides is 3. The van der Waals surface area contributed by atoms with Crippen LogP contribution in [0.25, 0.3) is 11.3 Å². The van der Waals surface area contributed by atoms with Crippen LogP contribution in [0.2, 0.25) is 0 Å². The summed E-state index contributed by atoms with van der Waals surface area (Å²) in [5.41, 5.74) is -4.24. The highest BCUT2D eigenvalue weighted by atomic mass is 19.4. The Morgan fingerprint density at radius 1 is 1.07 bits per heavy atom. The zero-order chi connectivity index (χ0) is 19.8. The molecule has 2 heterocycles. The number of amides is 1. The van der Waals surface area contributed by atoms with Crippen LogP contribution in [0.4, 0.5) is 18.9 Å². The standard InChI is InChI=1S/C14H9F3N6O4/c15-14(16,17)9-8(21-23-22-9)5-1-3-6(4-2-5)18-10(24)7-11(25)19-13(27)20-12(7)26/h1-4H,(H,18,24)(H,21,22,23)(H3,19,20,25,26,27). The summed E-state index contributed by atoms with van der Waals surface area (Å²) in [5.74, 6) is -1.95. The Bertz CT molecular complexity index is 1110. The molecule has 0 bridgehead atoms. The van der Waals surface area contributed by atoms with E-state index in [1.165, 1.54) is 24.3 Å². The lowest BCUT2D eigenvalue weighted by atomic mass is 10.1. The third kappa shape index (κ3) is 3.56. The minimum atomic E-state index is -4.70. The normalized spacial score (nSPS) is 11.4. The van der Waals surface area contributed by atoms with Crippen molar-refractivity contribution in [3.8, 4) is 17.1 Å². The van der Waals surface area contributed by atoms with Gasteiger partial charge in [0.1, 0.15) is 5.69 Å². The van der Waals surface area contributed by atoms with E-state index in [4.69, 9.17) is 0 Å². The summed E-state index contributed by atoms with van der Waals surface area (Å²) in [4.78, 5) is 38.3. The summed E-state index contributed by atoms with van der Waals surface area (Å²) in [6, 6.07) is 5.03. The van der Waals surface area contributed by atoms with Gasteiger partial charge in [0.15, 0.2) is 11.3 Å². The second-order valence-electron chi connectivity index (χ2n) is 5.18. The highest BCUT2D eigenvalue weighted by Gasteiger charge is 2.37. The first kappa shape index (κ1) is 17.9. The molecule has 0 fully saturated rings. The van der Waals surface area contributed by atoms with Crippen LogP contribution >= 0.6 is 0 Å². The van der Waals surface area contributed by atoms with Crippen molar-refractivity contribution >= 4 is 11.6 Å². The fraction of sp³-hybridized carbons (Fsp3) is 0.0714. The molecule has 1 aromatic carbocycles. The van der Waals surface area contributed by atoms with Crippen LogP contribution in [-0.4, -0.2) is 36.4 Å². The van der Waals surface area contributed by atoms with Crippen molar-refractivity contribution in [2.45, 2.75) is 6.18 Å². The summed E-state index contributed by atoms with van der Waals surface area (Å²) >= 11 is 0. The Balaban J connectivity index is 1.85. The fourth-order valence-corrected chi connectivity index (χ4v) is 2.22. The predicted molar refractivity (Wildman–Crippen MR) is 84.1 cm³/mol. The molecule has 0 radical (unpaired) electrons. The maximum absolute atomic E-state index is 12.8. The average Bonchev–Trinajstić information content (AvgIpc) is 3.04. The van der Waals surface area contributed by atoms with Crippen LogP contribution < -0.4 is 16.6 Å². The van der Waals surface area contributed by atoms with Gasteiger partial charge in [0, 0.05) is 11.3 Å². The largest absolute Gasteiger partial charge is 0.494 e. The lowest BCUT2D eigenvalue weighted by Gasteiger charge is -2.07. The van der Waals surface area contributed by atoms with Gasteiger partial charge >= 0.3 is 11.9 Å². The number of carbonyl (C=O) groups excluding carboxylic acids is 1. The average molecular weight is 382 g/mol. The Kier molecular flexibility index (Phi) is 4.27. The number of hydrogen-bond donors (Lipinski definition) is 5. The first-order valence-electron chi connectivity index (χ1n) is 7.12. The van der Waals surface area contributed by atoms with Gasteiger partial charge in [0.2, 0.25) is 5.88 Å². The van der Waals surface area contributed by atoms with Crippen molar-refractivity contribution in [2.75, 3.05) is 5.32 Å². The number of carbonyl (C=O) groups is 1. The van der Waals surface area contributed by atoms with E-state index in [2.05, 4.69) is 15.5 Å². The first-order valence-corrected chi connectivity index (χ1v) is 7.12. The maximum atomic E-state index is 12.8. The number of benzene rings is 1. The van der Waals surface area contributed by atoms with Gasteiger partial charge < -0.3 is 10.4 Å². The topological polar surface area (TPSA) is 157 Å². The van der Waals surface area contributed by atoms with E-state index in [-0.39, 0.29) is 11.3 Å². The molecule has 13 heteroatoms. The first-order chi connectivity index (χ1) is 12.7. The molecule has 0 aliphatic rings. The van der Waals surface area contributed by atoms with Gasteiger partial charge in [-0.1, -0.05) is 12.1 Å². The minimum Gasteiger partial charge on any atom is -0.494 e. The van der Waals surface area contributed by atoms with Crippen LogP contribution in [0.3, 0.4) is 0 Å². The molecule has 0 unspecified atom stereocenters. The maximum Gasteiger partial charge on any atom is 0.437 e. The molecule has 2 aromatic heterocycles. The molecule has 0 aliphatic carbocycles. The van der Waals surface area contributed by atoms with E-state index in [1.807, 2.05) is 10.2 Å². The fourth-order valence-electron chi connectivity index (χ4n) is 2.22. The number of halogens is 3. The summed E-state index contributed by atoms with van der Waals surface area (Å²) < 4.78 is 38.5. The molecule has 0 saturated heterocycles. The van der Waals surface area contributed by atoms with Crippen LogP contribution in [0.5, 0.6) is 5.88 Å². The van der Waals surface area contributed by atoms with Gasteiger partial charge in [-0.3, -0.25) is 19.6 Å². The summed E-state index contributed by atoms with van der Waals surface area (Å²) in [6.45, 7) is 0. The van der Waals surface area contributed by atoms with E-state index in [1.54, 1.807) is 4.98 Å². The highest BCUT2D eigenvalue weighted by Crippen LogP contribution is 2.34. The lowest BCUT2D eigenvalue weighted by molar-refractivity contribution is -0.140. The molecule has 5 N–H and O–H groups in total.